The smallest absolute Gasteiger partial charge is 0.450 e. The van der Waals surface area contributed by atoms with Gasteiger partial charge in [-0.3, -0.25) is 9.36 Å². The number of ether oxygens (including phenoxy) is 1. The van der Waals surface area contributed by atoms with Crippen LogP contribution in [0.1, 0.15) is 16.2 Å². The maximum atomic E-state index is 13.6. The topological polar surface area (TPSA) is 81.9 Å². The van der Waals surface area contributed by atoms with E-state index in [0.29, 0.717) is 5.75 Å². The fourth-order valence-corrected chi connectivity index (χ4v) is 3.17. The molecule has 2 aromatic carbocycles. The van der Waals surface area contributed by atoms with Gasteiger partial charge in [-0.2, -0.15) is 13.2 Å². The molecule has 0 spiro atoms. The highest BCUT2D eigenvalue weighted by Crippen LogP contribution is 2.34. The molecule has 0 atom stereocenters. The van der Waals surface area contributed by atoms with Gasteiger partial charge in [-0.1, -0.05) is 11.6 Å². The van der Waals surface area contributed by atoms with Crippen LogP contribution in [-0.2, 0) is 6.18 Å². The minimum absolute atomic E-state index is 0.0172. The lowest BCUT2D eigenvalue weighted by Crippen LogP contribution is -2.16. The molecule has 12 heteroatoms. The second-order valence-corrected chi connectivity index (χ2v) is 6.87. The first-order valence-electron chi connectivity index (χ1n) is 8.90. The third kappa shape index (κ3) is 4.06. The van der Waals surface area contributed by atoms with Gasteiger partial charge in [-0.25, -0.2) is 19.3 Å². The molecule has 0 unspecified atom stereocenters. The van der Waals surface area contributed by atoms with Gasteiger partial charge in [0.2, 0.25) is 5.82 Å². The number of carbonyl (C=O) groups is 1. The van der Waals surface area contributed by atoms with Crippen molar-refractivity contribution >= 4 is 34.4 Å². The van der Waals surface area contributed by atoms with Crippen molar-refractivity contribution in [2.24, 2.45) is 0 Å². The van der Waals surface area contributed by atoms with E-state index in [4.69, 9.17) is 16.3 Å². The normalized spacial score (nSPS) is 11.6. The van der Waals surface area contributed by atoms with E-state index in [1.165, 1.54) is 31.4 Å². The molecule has 0 saturated heterocycles. The molecule has 1 N–H and O–H groups in total. The summed E-state index contributed by atoms with van der Waals surface area (Å²) in [5, 5.41) is 2.39. The number of hydrogen-bond acceptors (Lipinski definition) is 5. The molecule has 0 bridgehead atoms. The van der Waals surface area contributed by atoms with Crippen LogP contribution in [0, 0.1) is 5.82 Å². The number of alkyl halides is 3. The van der Waals surface area contributed by atoms with E-state index in [2.05, 4.69) is 20.3 Å². The zero-order valence-corrected chi connectivity index (χ0v) is 16.9. The van der Waals surface area contributed by atoms with Gasteiger partial charge in [0.1, 0.15) is 11.6 Å². The van der Waals surface area contributed by atoms with Crippen molar-refractivity contribution in [1.29, 1.82) is 0 Å². The van der Waals surface area contributed by atoms with E-state index in [1.807, 2.05) is 0 Å². The summed E-state index contributed by atoms with van der Waals surface area (Å²) < 4.78 is 60.0. The number of methoxy groups -OCH3 is 1. The number of nitrogens with zero attached hydrogens (tertiary/aromatic N) is 4. The predicted molar refractivity (Wildman–Crippen MR) is 108 cm³/mol. The van der Waals surface area contributed by atoms with Gasteiger partial charge < -0.3 is 10.1 Å². The van der Waals surface area contributed by atoms with Gasteiger partial charge in [0, 0.05) is 6.07 Å². The molecule has 2 heterocycles. The molecule has 0 aliphatic rings. The molecular weight excluding hydrogens is 454 g/mol. The average Bonchev–Trinajstić information content (AvgIpc) is 3.15. The molecule has 32 heavy (non-hydrogen) atoms. The number of benzene rings is 2. The number of imidazole rings is 1. The Morgan fingerprint density at radius 1 is 1.12 bits per heavy atom. The SMILES string of the molecule is COc1ccc2c(c1)nc(C(F)(F)F)n2-c1cnc(NC(=O)c2cc(F)ccc2Cl)cn1. The summed E-state index contributed by atoms with van der Waals surface area (Å²) in [5.41, 5.74) is 0.0544. The van der Waals surface area contributed by atoms with Crippen molar-refractivity contribution in [2.75, 3.05) is 12.4 Å². The molecule has 0 aliphatic heterocycles. The second kappa shape index (κ2) is 8.08. The summed E-state index contributed by atoms with van der Waals surface area (Å²) >= 11 is 5.90. The van der Waals surface area contributed by atoms with E-state index in [0.717, 1.165) is 29.1 Å². The highest BCUT2D eigenvalue weighted by Gasteiger charge is 2.38. The Bertz CT molecular complexity index is 1320. The van der Waals surface area contributed by atoms with Gasteiger partial charge in [0.05, 0.1) is 41.1 Å². The maximum absolute atomic E-state index is 13.6. The first kappa shape index (κ1) is 21.5. The zero-order valence-electron chi connectivity index (χ0n) is 16.1. The third-order valence-corrected chi connectivity index (χ3v) is 4.73. The van der Waals surface area contributed by atoms with E-state index in [1.54, 1.807) is 0 Å². The van der Waals surface area contributed by atoms with Gasteiger partial charge >= 0.3 is 6.18 Å². The van der Waals surface area contributed by atoms with Crippen LogP contribution in [0.3, 0.4) is 0 Å². The summed E-state index contributed by atoms with van der Waals surface area (Å²) in [7, 11) is 1.39. The number of carbonyl (C=O) groups excluding carboxylic acids is 1. The van der Waals surface area contributed by atoms with Crippen molar-refractivity contribution in [3.63, 3.8) is 0 Å². The Morgan fingerprint density at radius 3 is 2.56 bits per heavy atom. The Balaban J connectivity index is 1.70. The maximum Gasteiger partial charge on any atom is 0.450 e. The van der Waals surface area contributed by atoms with Crippen LogP contribution in [0.15, 0.2) is 48.8 Å². The highest BCUT2D eigenvalue weighted by molar-refractivity contribution is 6.34. The third-order valence-electron chi connectivity index (χ3n) is 4.40. The first-order chi connectivity index (χ1) is 15.2. The molecular formula is C20H12ClF4N5O2. The lowest BCUT2D eigenvalue weighted by atomic mass is 10.2. The summed E-state index contributed by atoms with van der Waals surface area (Å²) in [4.78, 5) is 23.9. The number of anilines is 1. The highest BCUT2D eigenvalue weighted by atomic mass is 35.5. The molecule has 7 nitrogen and oxygen atoms in total. The molecule has 0 aliphatic carbocycles. The molecule has 164 valence electrons. The molecule has 0 radical (unpaired) electrons. The molecule has 2 aromatic heterocycles. The fraction of sp³-hybridized carbons (Fsp3) is 0.100. The first-order valence-corrected chi connectivity index (χ1v) is 9.27. The molecule has 4 rings (SSSR count). The van der Waals surface area contributed by atoms with Crippen molar-refractivity contribution in [3.8, 4) is 11.6 Å². The summed E-state index contributed by atoms with van der Waals surface area (Å²) in [6.07, 6.45) is -2.66. The van der Waals surface area contributed by atoms with Crippen LogP contribution < -0.4 is 10.1 Å². The number of fused-ring (bicyclic) bond motifs is 1. The quantitative estimate of drug-likeness (QED) is 0.434. The Labute approximate surface area is 182 Å². The summed E-state index contributed by atoms with van der Waals surface area (Å²) in [6, 6.07) is 7.54. The summed E-state index contributed by atoms with van der Waals surface area (Å²) in [6.45, 7) is 0. The minimum Gasteiger partial charge on any atom is -0.497 e. The van der Waals surface area contributed by atoms with E-state index < -0.39 is 23.7 Å². The lowest BCUT2D eigenvalue weighted by Gasteiger charge is -2.11. The van der Waals surface area contributed by atoms with Crippen LogP contribution in [0.4, 0.5) is 23.4 Å². The van der Waals surface area contributed by atoms with Gasteiger partial charge in [-0.15, -0.1) is 0 Å². The molecule has 4 aromatic rings. The van der Waals surface area contributed by atoms with E-state index >= 15 is 0 Å². The Morgan fingerprint density at radius 2 is 1.91 bits per heavy atom. The number of rotatable bonds is 4. The van der Waals surface area contributed by atoms with Crippen LogP contribution in [-0.4, -0.2) is 32.5 Å². The van der Waals surface area contributed by atoms with Crippen molar-refractivity contribution in [3.05, 3.63) is 71.0 Å². The van der Waals surface area contributed by atoms with Gasteiger partial charge in [0.15, 0.2) is 11.6 Å². The molecule has 1 amide bonds. The van der Waals surface area contributed by atoms with Crippen molar-refractivity contribution in [2.45, 2.75) is 6.18 Å². The lowest BCUT2D eigenvalue weighted by molar-refractivity contribution is -0.145. The monoisotopic (exact) mass is 465 g/mol. The fourth-order valence-electron chi connectivity index (χ4n) is 2.97. The Hall–Kier alpha value is -3.73. The molecule has 0 fully saturated rings. The predicted octanol–water partition coefficient (Wildman–Crippen LogP) is 4.89. The number of halogens is 5. The zero-order chi connectivity index (χ0) is 23.0. The molecule has 0 saturated carbocycles. The van der Waals surface area contributed by atoms with E-state index in [9.17, 15) is 22.4 Å². The Kier molecular flexibility index (Phi) is 5.43. The largest absolute Gasteiger partial charge is 0.497 e. The average molecular weight is 466 g/mol. The van der Waals surface area contributed by atoms with Crippen LogP contribution >= 0.6 is 11.6 Å². The van der Waals surface area contributed by atoms with Crippen molar-refractivity contribution < 1.29 is 27.1 Å². The van der Waals surface area contributed by atoms with Crippen molar-refractivity contribution in [1.82, 2.24) is 19.5 Å². The second-order valence-electron chi connectivity index (χ2n) is 6.46. The summed E-state index contributed by atoms with van der Waals surface area (Å²) in [5.74, 6) is -2.52. The van der Waals surface area contributed by atoms with E-state index in [-0.39, 0.29) is 33.3 Å². The standard InChI is InChI=1S/C20H12ClF4N5O2/c1-32-11-3-5-15-14(7-11)28-19(20(23,24)25)30(15)17-9-26-16(8-27-17)29-18(31)12-6-10(22)2-4-13(12)21/h2-9H,1H3,(H,26,29,31). The van der Waals surface area contributed by atoms with Gasteiger partial charge in [0.25, 0.3) is 5.91 Å². The number of amides is 1. The van der Waals surface area contributed by atoms with Crippen LogP contribution in [0.2, 0.25) is 5.02 Å². The number of nitrogens with one attached hydrogen (secondary N) is 1. The number of hydrogen-bond donors (Lipinski definition) is 1. The van der Waals surface area contributed by atoms with Crippen LogP contribution in [0.25, 0.3) is 16.9 Å². The minimum atomic E-state index is -4.77. The van der Waals surface area contributed by atoms with Crippen LogP contribution in [0.5, 0.6) is 5.75 Å². The number of aromatic nitrogens is 4. The van der Waals surface area contributed by atoms with Gasteiger partial charge in [-0.05, 0) is 30.3 Å².